The molecule has 17 heavy (non-hydrogen) atoms. The molecule has 0 saturated heterocycles. The summed E-state index contributed by atoms with van der Waals surface area (Å²) in [6.45, 7) is 2.42. The summed E-state index contributed by atoms with van der Waals surface area (Å²) in [7, 11) is 1.86. The Bertz CT molecular complexity index is 568. The van der Waals surface area contributed by atoms with Gasteiger partial charge in [0.2, 0.25) is 5.95 Å². The molecule has 0 radical (unpaired) electrons. The maximum absolute atomic E-state index is 8.80. The third kappa shape index (κ3) is 2.10. The molecule has 2 aromatic rings. The highest BCUT2D eigenvalue weighted by atomic mass is 15.2. The predicted octanol–water partition coefficient (Wildman–Crippen LogP) is 0.531. The third-order valence-electron chi connectivity index (χ3n) is 2.41. The Kier molecular flexibility index (Phi) is 2.78. The number of nitrogens with one attached hydrogen (secondary N) is 1. The number of aromatic nitrogens is 4. The summed E-state index contributed by atoms with van der Waals surface area (Å²) < 4.78 is 0. The van der Waals surface area contributed by atoms with Crippen LogP contribution in [0.1, 0.15) is 6.92 Å². The second-order valence-electron chi connectivity index (χ2n) is 3.92. The zero-order valence-electron chi connectivity index (χ0n) is 9.68. The minimum atomic E-state index is -0.0887. The summed E-state index contributed by atoms with van der Waals surface area (Å²) in [5.74, 6) is 0.748. The zero-order valence-corrected chi connectivity index (χ0v) is 9.68. The number of hydrogen-bond donors (Lipinski definition) is 2. The topological polar surface area (TPSA) is 108 Å². The molecule has 2 aromatic heterocycles. The molecule has 0 bridgehead atoms. The number of anilines is 2. The van der Waals surface area contributed by atoms with Gasteiger partial charge in [-0.15, -0.1) is 0 Å². The molecular formula is C10H13N7. The minimum Gasteiger partial charge on any atom is -0.368 e. The van der Waals surface area contributed by atoms with Gasteiger partial charge in [0.05, 0.1) is 18.3 Å². The van der Waals surface area contributed by atoms with Crippen LogP contribution in [0.4, 0.5) is 11.8 Å². The number of nitrogens with two attached hydrogens (primary N) is 1. The quantitative estimate of drug-likeness (QED) is 0.797. The van der Waals surface area contributed by atoms with Crippen LogP contribution in [0.5, 0.6) is 0 Å². The van der Waals surface area contributed by atoms with Crippen molar-refractivity contribution < 1.29 is 0 Å². The number of nitriles is 1. The largest absolute Gasteiger partial charge is 0.368 e. The van der Waals surface area contributed by atoms with Gasteiger partial charge in [-0.05, 0) is 6.92 Å². The summed E-state index contributed by atoms with van der Waals surface area (Å²) in [4.78, 5) is 17.1. The van der Waals surface area contributed by atoms with Crippen molar-refractivity contribution in [3.8, 4) is 6.07 Å². The van der Waals surface area contributed by atoms with Crippen LogP contribution in [0.15, 0.2) is 6.33 Å². The van der Waals surface area contributed by atoms with Crippen molar-refractivity contribution >= 4 is 22.9 Å². The number of H-pyrrole nitrogens is 1. The van der Waals surface area contributed by atoms with Crippen molar-refractivity contribution in [1.82, 2.24) is 19.9 Å². The third-order valence-corrected chi connectivity index (χ3v) is 2.41. The normalized spacial score (nSPS) is 12.3. The van der Waals surface area contributed by atoms with Gasteiger partial charge in [-0.1, -0.05) is 0 Å². The summed E-state index contributed by atoms with van der Waals surface area (Å²) >= 11 is 0. The second-order valence-corrected chi connectivity index (χ2v) is 3.92. The van der Waals surface area contributed by atoms with Crippen LogP contribution in [0, 0.1) is 17.2 Å². The first-order valence-corrected chi connectivity index (χ1v) is 5.19. The molecule has 2 heterocycles. The first kappa shape index (κ1) is 11.1. The van der Waals surface area contributed by atoms with Gasteiger partial charge in [0.15, 0.2) is 11.5 Å². The maximum Gasteiger partial charge on any atom is 0.224 e. The van der Waals surface area contributed by atoms with E-state index in [1.807, 2.05) is 18.9 Å². The molecule has 0 amide bonds. The lowest BCUT2D eigenvalue weighted by atomic mass is 10.2. The Labute approximate surface area is 98.3 Å². The molecule has 1 atom stereocenters. The lowest BCUT2D eigenvalue weighted by molar-refractivity contribution is 0.711. The van der Waals surface area contributed by atoms with E-state index in [9.17, 15) is 0 Å². The highest BCUT2D eigenvalue weighted by molar-refractivity contribution is 5.83. The van der Waals surface area contributed by atoms with E-state index in [4.69, 9.17) is 11.0 Å². The van der Waals surface area contributed by atoms with E-state index in [0.717, 1.165) is 5.52 Å². The molecule has 7 heteroatoms. The van der Waals surface area contributed by atoms with Gasteiger partial charge in [0.1, 0.15) is 5.52 Å². The SMILES string of the molecule is CC(C#N)CN(C)c1nc(N)nc2nc[nH]c12. The van der Waals surface area contributed by atoms with Gasteiger partial charge in [-0.3, -0.25) is 0 Å². The minimum absolute atomic E-state index is 0.0887. The Hall–Kier alpha value is -2.36. The van der Waals surface area contributed by atoms with Crippen molar-refractivity contribution in [2.75, 3.05) is 24.2 Å². The molecule has 0 saturated carbocycles. The molecule has 88 valence electrons. The van der Waals surface area contributed by atoms with Crippen LogP contribution >= 0.6 is 0 Å². The summed E-state index contributed by atoms with van der Waals surface area (Å²) in [5.41, 5.74) is 6.88. The fourth-order valence-corrected chi connectivity index (χ4v) is 1.65. The van der Waals surface area contributed by atoms with E-state index < -0.39 is 0 Å². The number of fused-ring (bicyclic) bond motifs is 1. The average molecular weight is 231 g/mol. The van der Waals surface area contributed by atoms with Crippen LogP contribution < -0.4 is 10.6 Å². The molecule has 0 aromatic carbocycles. The smallest absolute Gasteiger partial charge is 0.224 e. The first-order chi connectivity index (χ1) is 8.11. The molecule has 0 fully saturated rings. The van der Waals surface area contributed by atoms with Crippen molar-refractivity contribution in [3.05, 3.63) is 6.33 Å². The van der Waals surface area contributed by atoms with Crippen LogP contribution in [0.2, 0.25) is 0 Å². The molecule has 3 N–H and O–H groups in total. The van der Waals surface area contributed by atoms with Crippen LogP contribution in [-0.2, 0) is 0 Å². The molecule has 0 aliphatic rings. The second kappa shape index (κ2) is 4.25. The Morgan fingerprint density at radius 2 is 2.35 bits per heavy atom. The monoisotopic (exact) mass is 231 g/mol. The zero-order chi connectivity index (χ0) is 12.4. The van der Waals surface area contributed by atoms with Crippen LogP contribution in [0.3, 0.4) is 0 Å². The van der Waals surface area contributed by atoms with Crippen LogP contribution in [-0.4, -0.2) is 33.5 Å². The molecular weight excluding hydrogens is 218 g/mol. The van der Waals surface area contributed by atoms with Crippen molar-refractivity contribution in [1.29, 1.82) is 5.26 Å². The van der Waals surface area contributed by atoms with Crippen molar-refractivity contribution in [2.45, 2.75) is 6.92 Å². The number of aromatic amines is 1. The predicted molar refractivity (Wildman–Crippen MR) is 64.1 cm³/mol. The number of hydrogen-bond acceptors (Lipinski definition) is 6. The van der Waals surface area contributed by atoms with Crippen molar-refractivity contribution in [3.63, 3.8) is 0 Å². The summed E-state index contributed by atoms with van der Waals surface area (Å²) in [5, 5.41) is 8.80. The molecule has 1 unspecified atom stereocenters. The van der Waals surface area contributed by atoms with Crippen molar-refractivity contribution in [2.24, 2.45) is 5.92 Å². The number of rotatable bonds is 3. The van der Waals surface area contributed by atoms with E-state index in [2.05, 4.69) is 26.0 Å². The van der Waals surface area contributed by atoms with Gasteiger partial charge in [0, 0.05) is 13.6 Å². The fourth-order valence-electron chi connectivity index (χ4n) is 1.65. The highest BCUT2D eigenvalue weighted by Gasteiger charge is 2.14. The number of nitrogen functional groups attached to an aromatic ring is 1. The van der Waals surface area contributed by atoms with E-state index in [1.54, 1.807) is 6.33 Å². The maximum atomic E-state index is 8.80. The van der Waals surface area contributed by atoms with E-state index in [0.29, 0.717) is 18.0 Å². The first-order valence-electron chi connectivity index (χ1n) is 5.19. The van der Waals surface area contributed by atoms with E-state index in [-0.39, 0.29) is 11.9 Å². The lowest BCUT2D eigenvalue weighted by Gasteiger charge is -2.19. The standard InChI is InChI=1S/C10H13N7/c1-6(3-11)4-17(2)9-7-8(14-5-13-7)15-10(12)16-9/h5-6H,4H2,1-2H3,(H3,12,13,14,15,16). The summed E-state index contributed by atoms with van der Waals surface area (Å²) in [6, 6.07) is 2.18. The Morgan fingerprint density at radius 1 is 1.59 bits per heavy atom. The number of nitrogens with zero attached hydrogens (tertiary/aromatic N) is 5. The van der Waals surface area contributed by atoms with Gasteiger partial charge >= 0.3 is 0 Å². The Balaban J connectivity index is 2.40. The molecule has 0 aliphatic heterocycles. The fraction of sp³-hybridized carbons (Fsp3) is 0.400. The lowest BCUT2D eigenvalue weighted by Crippen LogP contribution is -2.25. The van der Waals surface area contributed by atoms with Gasteiger partial charge in [-0.2, -0.15) is 15.2 Å². The molecule has 2 rings (SSSR count). The van der Waals surface area contributed by atoms with E-state index >= 15 is 0 Å². The highest BCUT2D eigenvalue weighted by Crippen LogP contribution is 2.21. The average Bonchev–Trinajstić information content (AvgIpc) is 2.75. The Morgan fingerprint density at radius 3 is 3.06 bits per heavy atom. The molecule has 7 nitrogen and oxygen atoms in total. The molecule has 0 spiro atoms. The molecule has 0 aliphatic carbocycles. The van der Waals surface area contributed by atoms with Gasteiger partial charge in [-0.25, -0.2) is 4.98 Å². The van der Waals surface area contributed by atoms with E-state index in [1.165, 1.54) is 0 Å². The van der Waals surface area contributed by atoms with Crippen LogP contribution in [0.25, 0.3) is 11.2 Å². The van der Waals surface area contributed by atoms with Gasteiger partial charge in [0.25, 0.3) is 0 Å². The summed E-state index contributed by atoms with van der Waals surface area (Å²) in [6.07, 6.45) is 1.55. The number of imidazole rings is 1. The van der Waals surface area contributed by atoms with Gasteiger partial charge < -0.3 is 15.6 Å².